The van der Waals surface area contributed by atoms with Crippen molar-refractivity contribution >= 4 is 22.4 Å². The summed E-state index contributed by atoms with van der Waals surface area (Å²) >= 11 is 1.51. The van der Waals surface area contributed by atoms with Crippen LogP contribution >= 0.6 is 11.3 Å². The molecule has 0 spiro atoms. The second-order valence-corrected chi connectivity index (χ2v) is 5.56. The molecule has 1 atom stereocenters. The highest BCUT2D eigenvalue weighted by atomic mass is 32.1. The molecular weight excluding hydrogens is 274 g/mol. The largest absolute Gasteiger partial charge is 0.291 e. The number of hydrogen-bond donors (Lipinski definition) is 0. The number of rotatable bonds is 6. The van der Waals surface area contributed by atoms with Crippen molar-refractivity contribution in [2.24, 2.45) is 0 Å². The second kappa shape index (κ2) is 6.60. The Morgan fingerprint density at radius 1 is 1.55 bits per heavy atom. The van der Waals surface area contributed by atoms with E-state index < -0.39 is 0 Å². The van der Waals surface area contributed by atoms with Crippen LogP contribution < -0.4 is 4.90 Å². The predicted octanol–water partition coefficient (Wildman–Crippen LogP) is 2.30. The number of carbonyl (C=O) groups is 1. The summed E-state index contributed by atoms with van der Waals surface area (Å²) in [5.74, 6) is 0.462. The normalized spacial score (nSPS) is 12.3. The molecule has 0 bridgehead atoms. The summed E-state index contributed by atoms with van der Waals surface area (Å²) in [5.41, 5.74) is 1.06. The summed E-state index contributed by atoms with van der Waals surface area (Å²) in [4.78, 5) is 22.1. The van der Waals surface area contributed by atoms with E-state index in [1.165, 1.54) is 17.7 Å². The molecule has 0 aliphatic heterocycles. The third-order valence-corrected chi connectivity index (χ3v) is 4.24. The van der Waals surface area contributed by atoms with Crippen LogP contribution in [-0.2, 0) is 11.3 Å². The Labute approximate surface area is 122 Å². The summed E-state index contributed by atoms with van der Waals surface area (Å²) in [6, 6.07) is 0. The van der Waals surface area contributed by atoms with Crippen LogP contribution in [0.1, 0.15) is 38.3 Å². The summed E-state index contributed by atoms with van der Waals surface area (Å²) in [5, 5.41) is 6.77. The molecule has 0 unspecified atom stereocenters. The lowest BCUT2D eigenvalue weighted by atomic mass is 10.1. The van der Waals surface area contributed by atoms with E-state index in [0.717, 1.165) is 17.2 Å². The van der Waals surface area contributed by atoms with Crippen molar-refractivity contribution in [1.82, 2.24) is 19.7 Å². The highest BCUT2D eigenvalue weighted by Crippen LogP contribution is 2.26. The fourth-order valence-corrected chi connectivity index (χ4v) is 2.63. The Balaban J connectivity index is 1.94. The van der Waals surface area contributed by atoms with Crippen LogP contribution in [0.2, 0.25) is 0 Å². The number of thiazole rings is 1. The van der Waals surface area contributed by atoms with Crippen molar-refractivity contribution in [2.45, 2.75) is 39.2 Å². The Morgan fingerprint density at radius 3 is 3.00 bits per heavy atom. The number of aryl methyl sites for hydroxylation is 1. The number of aromatic nitrogens is 4. The van der Waals surface area contributed by atoms with Crippen molar-refractivity contribution < 1.29 is 4.79 Å². The summed E-state index contributed by atoms with van der Waals surface area (Å²) in [6.45, 7) is 4.81. The topological polar surface area (TPSA) is 63.9 Å². The van der Waals surface area contributed by atoms with E-state index in [-0.39, 0.29) is 5.91 Å². The van der Waals surface area contributed by atoms with E-state index >= 15 is 0 Å². The molecule has 0 aliphatic rings. The summed E-state index contributed by atoms with van der Waals surface area (Å²) < 4.78 is 1.65. The van der Waals surface area contributed by atoms with Crippen molar-refractivity contribution in [2.75, 3.05) is 11.9 Å². The Bertz CT molecular complexity index is 551. The first-order valence-corrected chi connectivity index (χ1v) is 7.54. The third-order valence-electron chi connectivity index (χ3n) is 3.31. The number of anilines is 1. The lowest BCUT2D eigenvalue weighted by Crippen LogP contribution is -2.27. The monoisotopic (exact) mass is 293 g/mol. The molecule has 20 heavy (non-hydrogen) atoms. The first-order valence-electron chi connectivity index (χ1n) is 6.66. The molecule has 2 heterocycles. The summed E-state index contributed by atoms with van der Waals surface area (Å²) in [6.07, 6.45) is 4.51. The molecule has 0 saturated heterocycles. The average Bonchev–Trinajstić information content (AvgIpc) is 3.13. The Morgan fingerprint density at radius 2 is 2.35 bits per heavy atom. The van der Waals surface area contributed by atoms with Crippen molar-refractivity contribution in [3.8, 4) is 0 Å². The maximum Gasteiger partial charge on any atom is 0.230 e. The zero-order valence-corrected chi connectivity index (χ0v) is 12.8. The molecule has 2 aromatic rings. The van der Waals surface area contributed by atoms with E-state index in [1.807, 2.05) is 5.38 Å². The van der Waals surface area contributed by atoms with Gasteiger partial charge in [-0.05, 0) is 12.3 Å². The fourth-order valence-electron chi connectivity index (χ4n) is 1.70. The number of carbonyl (C=O) groups excluding carboxylic acids is 1. The molecule has 0 fully saturated rings. The zero-order valence-electron chi connectivity index (χ0n) is 12.0. The van der Waals surface area contributed by atoms with E-state index in [2.05, 4.69) is 28.9 Å². The van der Waals surface area contributed by atoms with E-state index in [0.29, 0.717) is 18.9 Å². The first-order chi connectivity index (χ1) is 9.61. The minimum Gasteiger partial charge on any atom is -0.291 e. The van der Waals surface area contributed by atoms with Crippen LogP contribution in [-0.4, -0.2) is 32.7 Å². The summed E-state index contributed by atoms with van der Waals surface area (Å²) in [7, 11) is 1.77. The minimum atomic E-state index is 0.0329. The third kappa shape index (κ3) is 3.41. The molecule has 0 saturated carbocycles. The quantitative estimate of drug-likeness (QED) is 0.820. The zero-order chi connectivity index (χ0) is 14.5. The van der Waals surface area contributed by atoms with Crippen LogP contribution in [0.4, 0.5) is 5.13 Å². The standard InChI is InChI=1S/C13H19N5OS/c1-4-10(2)11-7-20-13(16-11)17(3)12(19)5-6-18-9-14-8-15-18/h7-10H,4-6H2,1-3H3/t10-/m1/s1. The van der Waals surface area contributed by atoms with Crippen LogP contribution in [0.3, 0.4) is 0 Å². The average molecular weight is 293 g/mol. The van der Waals surface area contributed by atoms with Gasteiger partial charge in [0.1, 0.15) is 12.7 Å². The minimum absolute atomic E-state index is 0.0329. The van der Waals surface area contributed by atoms with Gasteiger partial charge < -0.3 is 0 Å². The van der Waals surface area contributed by atoms with Gasteiger partial charge in [0.05, 0.1) is 12.2 Å². The number of hydrogen-bond acceptors (Lipinski definition) is 5. The molecule has 7 heteroatoms. The van der Waals surface area contributed by atoms with Gasteiger partial charge in [-0.25, -0.2) is 9.97 Å². The van der Waals surface area contributed by atoms with Crippen LogP contribution in [0.15, 0.2) is 18.0 Å². The van der Waals surface area contributed by atoms with E-state index in [1.54, 1.807) is 23.0 Å². The van der Waals surface area contributed by atoms with Gasteiger partial charge in [-0.15, -0.1) is 11.3 Å². The molecule has 0 radical (unpaired) electrons. The van der Waals surface area contributed by atoms with Crippen molar-refractivity contribution in [3.63, 3.8) is 0 Å². The lowest BCUT2D eigenvalue weighted by Gasteiger charge is -2.13. The molecule has 0 aliphatic carbocycles. The van der Waals surface area contributed by atoms with Crippen LogP contribution in [0.25, 0.3) is 0 Å². The maximum atomic E-state index is 12.1. The fraction of sp³-hybridized carbons (Fsp3) is 0.538. The predicted molar refractivity (Wildman–Crippen MR) is 78.9 cm³/mol. The molecule has 0 N–H and O–H groups in total. The second-order valence-electron chi connectivity index (χ2n) is 4.73. The molecule has 2 aromatic heterocycles. The van der Waals surface area contributed by atoms with Gasteiger partial charge in [0.25, 0.3) is 0 Å². The van der Waals surface area contributed by atoms with E-state index in [4.69, 9.17) is 0 Å². The van der Waals surface area contributed by atoms with Crippen molar-refractivity contribution in [1.29, 1.82) is 0 Å². The highest BCUT2D eigenvalue weighted by molar-refractivity contribution is 7.14. The molecule has 1 amide bonds. The Kier molecular flexibility index (Phi) is 4.84. The van der Waals surface area contributed by atoms with Gasteiger partial charge in [0.2, 0.25) is 5.91 Å². The van der Waals surface area contributed by atoms with Gasteiger partial charge in [0, 0.05) is 18.8 Å². The molecular formula is C13H19N5OS. The maximum absolute atomic E-state index is 12.1. The molecule has 2 rings (SSSR count). The molecule has 6 nitrogen and oxygen atoms in total. The van der Waals surface area contributed by atoms with Crippen molar-refractivity contribution in [3.05, 3.63) is 23.7 Å². The highest BCUT2D eigenvalue weighted by Gasteiger charge is 2.16. The lowest BCUT2D eigenvalue weighted by molar-refractivity contribution is -0.118. The van der Waals surface area contributed by atoms with Gasteiger partial charge in [-0.1, -0.05) is 13.8 Å². The van der Waals surface area contributed by atoms with Gasteiger partial charge in [-0.2, -0.15) is 5.10 Å². The van der Waals surface area contributed by atoms with Crippen LogP contribution in [0, 0.1) is 0 Å². The number of nitrogens with zero attached hydrogens (tertiary/aromatic N) is 5. The number of amides is 1. The molecule has 0 aromatic carbocycles. The first kappa shape index (κ1) is 14.6. The smallest absolute Gasteiger partial charge is 0.230 e. The van der Waals surface area contributed by atoms with Crippen LogP contribution in [0.5, 0.6) is 0 Å². The Hall–Kier alpha value is -1.76. The van der Waals surface area contributed by atoms with Gasteiger partial charge in [0.15, 0.2) is 5.13 Å². The van der Waals surface area contributed by atoms with E-state index in [9.17, 15) is 4.79 Å². The van der Waals surface area contributed by atoms with Gasteiger partial charge in [-0.3, -0.25) is 14.4 Å². The van der Waals surface area contributed by atoms with Gasteiger partial charge >= 0.3 is 0 Å². The molecule has 108 valence electrons. The SMILES string of the molecule is CC[C@@H](C)c1csc(N(C)C(=O)CCn2cncn2)n1.